The van der Waals surface area contributed by atoms with E-state index in [4.69, 9.17) is 0 Å². The summed E-state index contributed by atoms with van der Waals surface area (Å²) in [5.41, 5.74) is 1.01. The Morgan fingerprint density at radius 3 is 2.73 bits per heavy atom. The summed E-state index contributed by atoms with van der Waals surface area (Å²) in [5, 5.41) is 6.30. The minimum Gasteiger partial charge on any atom is -0.353 e. The number of thiazole rings is 1. The molecule has 0 aliphatic rings. The largest absolute Gasteiger partial charge is 0.353 e. The van der Waals surface area contributed by atoms with Gasteiger partial charge < -0.3 is 15.1 Å². The highest BCUT2D eigenvalue weighted by Gasteiger charge is 2.09. The zero-order chi connectivity index (χ0) is 16.5. The van der Waals surface area contributed by atoms with Gasteiger partial charge in [0.1, 0.15) is 6.54 Å². The van der Waals surface area contributed by atoms with Gasteiger partial charge in [0.15, 0.2) is 5.96 Å². The molecule has 22 heavy (non-hydrogen) atoms. The highest BCUT2D eigenvalue weighted by Crippen LogP contribution is 2.05. The van der Waals surface area contributed by atoms with Crippen LogP contribution in [0.5, 0.6) is 0 Å². The van der Waals surface area contributed by atoms with Gasteiger partial charge in [-0.15, -0.1) is 11.3 Å². The summed E-state index contributed by atoms with van der Waals surface area (Å²) in [7, 11) is 5.41. The molecule has 0 saturated carbocycles. The number of carbonyl (C=O) groups is 1. The van der Waals surface area contributed by atoms with E-state index >= 15 is 0 Å². The lowest BCUT2D eigenvalue weighted by Crippen LogP contribution is -2.41. The third kappa shape index (κ3) is 6.71. The molecule has 1 heterocycles. The maximum Gasteiger partial charge on any atom is 0.243 e. The first-order valence-electron chi connectivity index (χ1n) is 7.12. The monoisotopic (exact) mass is 323 g/mol. The number of hydrogen-bond donors (Lipinski definition) is 1. The lowest BCUT2D eigenvalue weighted by atomic mass is 10.3. The fraction of sp³-hybridized carbons (Fsp3) is 0.533. The van der Waals surface area contributed by atoms with Crippen LogP contribution in [-0.2, 0) is 11.2 Å². The Labute approximate surface area is 136 Å². The highest BCUT2D eigenvalue weighted by atomic mass is 32.1. The molecule has 0 fully saturated rings. The Kier molecular flexibility index (Phi) is 7.59. The van der Waals surface area contributed by atoms with Gasteiger partial charge in [-0.2, -0.15) is 0 Å². The van der Waals surface area contributed by atoms with Crippen molar-refractivity contribution in [2.24, 2.45) is 4.99 Å². The lowest BCUT2D eigenvalue weighted by molar-refractivity contribution is -0.127. The Balaban J connectivity index is 2.63. The third-order valence-corrected chi connectivity index (χ3v) is 3.76. The van der Waals surface area contributed by atoms with E-state index in [-0.39, 0.29) is 12.5 Å². The van der Waals surface area contributed by atoms with Crippen LogP contribution < -0.4 is 5.32 Å². The molecule has 1 rings (SSSR count). The summed E-state index contributed by atoms with van der Waals surface area (Å²) in [6.45, 7) is 7.38. The van der Waals surface area contributed by atoms with E-state index in [9.17, 15) is 4.79 Å². The molecule has 1 N–H and O–H groups in total. The SMILES string of the molecule is C=C(C)CNC(=NCC(=O)N(C)C)N(C)CCc1nccs1. The number of aliphatic imine (C=N–C) groups is 1. The molecule has 0 unspecified atom stereocenters. The van der Waals surface area contributed by atoms with Gasteiger partial charge in [-0.05, 0) is 6.92 Å². The van der Waals surface area contributed by atoms with Gasteiger partial charge >= 0.3 is 0 Å². The second-order valence-electron chi connectivity index (χ2n) is 5.34. The molecule has 0 bridgehead atoms. The number of carbonyl (C=O) groups excluding carboxylic acids is 1. The predicted molar refractivity (Wildman–Crippen MR) is 92.3 cm³/mol. The zero-order valence-corrected chi connectivity index (χ0v) is 14.6. The van der Waals surface area contributed by atoms with Crippen LogP contribution in [0.25, 0.3) is 0 Å². The maximum absolute atomic E-state index is 11.7. The Morgan fingerprint density at radius 2 is 2.18 bits per heavy atom. The van der Waals surface area contributed by atoms with Gasteiger partial charge in [0, 0.05) is 52.2 Å². The number of guanidine groups is 1. The average molecular weight is 323 g/mol. The van der Waals surface area contributed by atoms with Crippen molar-refractivity contribution in [2.75, 3.05) is 40.8 Å². The van der Waals surface area contributed by atoms with Crippen molar-refractivity contribution < 1.29 is 4.79 Å². The van der Waals surface area contributed by atoms with Crippen molar-refractivity contribution in [3.63, 3.8) is 0 Å². The molecule has 0 saturated heterocycles. The van der Waals surface area contributed by atoms with E-state index in [1.165, 1.54) is 4.90 Å². The molecule has 122 valence electrons. The second kappa shape index (κ2) is 9.19. The summed E-state index contributed by atoms with van der Waals surface area (Å²) < 4.78 is 0. The first-order chi connectivity index (χ1) is 10.4. The van der Waals surface area contributed by atoms with Crippen LogP contribution in [-0.4, -0.2) is 67.4 Å². The lowest BCUT2D eigenvalue weighted by Gasteiger charge is -2.22. The zero-order valence-electron chi connectivity index (χ0n) is 13.8. The summed E-state index contributed by atoms with van der Waals surface area (Å²) in [5.74, 6) is 0.678. The van der Waals surface area contributed by atoms with E-state index in [1.807, 2.05) is 30.4 Å². The number of amides is 1. The number of nitrogens with one attached hydrogen (secondary N) is 1. The third-order valence-electron chi connectivity index (χ3n) is 2.92. The van der Waals surface area contributed by atoms with Crippen molar-refractivity contribution in [3.05, 3.63) is 28.7 Å². The van der Waals surface area contributed by atoms with Gasteiger partial charge in [0.25, 0.3) is 0 Å². The predicted octanol–water partition coefficient (Wildman–Crippen LogP) is 1.23. The molecule has 1 amide bonds. The minimum absolute atomic E-state index is 0.0250. The van der Waals surface area contributed by atoms with Crippen molar-refractivity contribution in [3.8, 4) is 0 Å². The molecule has 0 radical (unpaired) electrons. The normalized spacial score (nSPS) is 11.2. The van der Waals surface area contributed by atoms with Crippen LogP contribution in [0, 0.1) is 0 Å². The number of nitrogens with zero attached hydrogens (tertiary/aromatic N) is 4. The first-order valence-corrected chi connectivity index (χ1v) is 8.00. The van der Waals surface area contributed by atoms with Crippen LogP contribution in [0.3, 0.4) is 0 Å². The fourth-order valence-corrected chi connectivity index (χ4v) is 2.18. The van der Waals surface area contributed by atoms with E-state index in [2.05, 4.69) is 21.9 Å². The molecule has 0 aliphatic carbocycles. The number of aromatic nitrogens is 1. The van der Waals surface area contributed by atoms with Crippen LogP contribution in [0.1, 0.15) is 11.9 Å². The molecule has 7 heteroatoms. The van der Waals surface area contributed by atoms with E-state index in [0.717, 1.165) is 23.5 Å². The Bertz CT molecular complexity index is 510. The quantitative estimate of drug-likeness (QED) is 0.466. The molecule has 6 nitrogen and oxygen atoms in total. The molecule has 1 aromatic heterocycles. The standard InChI is InChI=1S/C15H25N5OS/c1-12(2)10-17-15(18-11-14(21)19(3)4)20(5)8-6-13-16-7-9-22-13/h7,9H,1,6,8,10-11H2,2-5H3,(H,17,18). The number of rotatable bonds is 7. The molecule has 0 aliphatic heterocycles. The molecule has 0 atom stereocenters. The van der Waals surface area contributed by atoms with Crippen molar-refractivity contribution in [1.82, 2.24) is 20.1 Å². The highest BCUT2D eigenvalue weighted by molar-refractivity contribution is 7.09. The van der Waals surface area contributed by atoms with E-state index < -0.39 is 0 Å². The molecule has 0 spiro atoms. The maximum atomic E-state index is 11.7. The van der Waals surface area contributed by atoms with Gasteiger partial charge in [-0.25, -0.2) is 9.98 Å². The first kappa shape index (κ1) is 18.2. The molecule has 0 aromatic carbocycles. The van der Waals surface area contributed by atoms with Crippen LogP contribution in [0.2, 0.25) is 0 Å². The fourth-order valence-electron chi connectivity index (χ4n) is 1.57. The van der Waals surface area contributed by atoms with Crippen molar-refractivity contribution >= 4 is 23.2 Å². The van der Waals surface area contributed by atoms with E-state index in [0.29, 0.717) is 12.5 Å². The van der Waals surface area contributed by atoms with Gasteiger partial charge in [0.05, 0.1) is 5.01 Å². The topological polar surface area (TPSA) is 60.8 Å². The average Bonchev–Trinajstić information content (AvgIpc) is 2.97. The molecule has 1 aromatic rings. The smallest absolute Gasteiger partial charge is 0.243 e. The van der Waals surface area contributed by atoms with Gasteiger partial charge in [-0.1, -0.05) is 12.2 Å². The summed E-state index contributed by atoms with van der Waals surface area (Å²) in [6.07, 6.45) is 2.66. The van der Waals surface area contributed by atoms with Crippen LogP contribution in [0.15, 0.2) is 28.7 Å². The van der Waals surface area contributed by atoms with Crippen molar-refractivity contribution in [1.29, 1.82) is 0 Å². The van der Waals surface area contributed by atoms with Gasteiger partial charge in [-0.3, -0.25) is 4.79 Å². The minimum atomic E-state index is -0.0250. The summed E-state index contributed by atoms with van der Waals surface area (Å²) in [4.78, 5) is 23.9. The second-order valence-corrected chi connectivity index (χ2v) is 6.32. The van der Waals surface area contributed by atoms with Crippen LogP contribution >= 0.6 is 11.3 Å². The summed E-state index contributed by atoms with van der Waals surface area (Å²) >= 11 is 1.64. The molecular formula is C15H25N5OS. The Hall–Kier alpha value is -1.89. The van der Waals surface area contributed by atoms with E-state index in [1.54, 1.807) is 25.4 Å². The van der Waals surface area contributed by atoms with Crippen LogP contribution in [0.4, 0.5) is 0 Å². The van der Waals surface area contributed by atoms with Crippen molar-refractivity contribution in [2.45, 2.75) is 13.3 Å². The number of likely N-dealkylation sites (N-methyl/N-ethyl adjacent to an activating group) is 2. The molecular weight excluding hydrogens is 298 g/mol. The Morgan fingerprint density at radius 1 is 1.45 bits per heavy atom. The van der Waals surface area contributed by atoms with Gasteiger partial charge in [0.2, 0.25) is 5.91 Å². The number of hydrogen-bond acceptors (Lipinski definition) is 4. The summed E-state index contributed by atoms with van der Waals surface area (Å²) in [6, 6.07) is 0.